The van der Waals surface area contributed by atoms with Gasteiger partial charge in [0.25, 0.3) is 5.91 Å². The maximum atomic E-state index is 14.3. The molecule has 0 atom stereocenters. The third-order valence-electron chi connectivity index (χ3n) is 8.50. The van der Waals surface area contributed by atoms with Gasteiger partial charge in [-0.15, -0.1) is 0 Å². The van der Waals surface area contributed by atoms with Crippen molar-refractivity contribution in [1.29, 1.82) is 0 Å². The van der Waals surface area contributed by atoms with Gasteiger partial charge in [0, 0.05) is 41.3 Å². The molecule has 1 saturated carbocycles. The molecule has 0 unspecified atom stereocenters. The first-order valence-corrected chi connectivity index (χ1v) is 15.2. The SMILES string of the molecule is O=C(O)c1ccc(CNC(=O)c2cc(-c3cc(F)cc(F)c3)cc3c2c(Cc2ccc(-c4ccccc4)cc2)cn3C2CC2)cc1. The molecule has 1 amide bonds. The lowest BCUT2D eigenvalue weighted by atomic mass is 9.95. The quantitative estimate of drug-likeness (QED) is 0.171. The summed E-state index contributed by atoms with van der Waals surface area (Å²) >= 11 is 0. The van der Waals surface area contributed by atoms with Crippen molar-refractivity contribution in [3.63, 3.8) is 0 Å². The van der Waals surface area contributed by atoms with E-state index in [0.29, 0.717) is 29.2 Å². The first-order chi connectivity index (χ1) is 22.3. The van der Waals surface area contributed by atoms with E-state index in [1.165, 1.54) is 24.3 Å². The second-order valence-electron chi connectivity index (χ2n) is 11.8. The molecule has 0 saturated heterocycles. The molecule has 0 aliphatic heterocycles. The molecule has 5 aromatic carbocycles. The van der Waals surface area contributed by atoms with Crippen LogP contribution in [0.2, 0.25) is 0 Å². The number of aromatic carboxylic acids is 1. The number of hydrogen-bond acceptors (Lipinski definition) is 2. The van der Waals surface area contributed by atoms with Gasteiger partial charge >= 0.3 is 5.97 Å². The lowest BCUT2D eigenvalue weighted by Gasteiger charge is -2.13. The van der Waals surface area contributed by atoms with Crippen LogP contribution in [0.5, 0.6) is 0 Å². The summed E-state index contributed by atoms with van der Waals surface area (Å²) in [5.41, 5.74) is 7.39. The Morgan fingerprint density at radius 1 is 0.739 bits per heavy atom. The largest absolute Gasteiger partial charge is 0.478 e. The zero-order valence-electron chi connectivity index (χ0n) is 24.8. The topological polar surface area (TPSA) is 71.3 Å². The Morgan fingerprint density at radius 2 is 1.37 bits per heavy atom. The van der Waals surface area contributed by atoms with Gasteiger partial charge in [0.05, 0.1) is 5.56 Å². The molecule has 7 rings (SSSR count). The van der Waals surface area contributed by atoms with Gasteiger partial charge in [-0.05, 0) is 94.6 Å². The van der Waals surface area contributed by atoms with E-state index in [9.17, 15) is 23.5 Å². The number of hydrogen-bond donors (Lipinski definition) is 2. The number of nitrogens with one attached hydrogen (secondary N) is 1. The average Bonchev–Trinajstić information content (AvgIpc) is 3.85. The first kappa shape index (κ1) is 29.2. The van der Waals surface area contributed by atoms with Crippen LogP contribution in [0, 0.1) is 11.6 Å². The number of carbonyl (C=O) groups is 2. The van der Waals surface area contributed by atoms with Gasteiger partial charge in [-0.1, -0.05) is 66.7 Å². The number of halogens is 2. The average molecular weight is 613 g/mol. The minimum absolute atomic E-state index is 0.162. The third kappa shape index (κ3) is 6.04. The van der Waals surface area contributed by atoms with Crippen LogP contribution in [0.3, 0.4) is 0 Å². The van der Waals surface area contributed by atoms with Crippen molar-refractivity contribution in [3.05, 3.63) is 155 Å². The molecule has 7 heteroatoms. The number of benzene rings is 5. The van der Waals surface area contributed by atoms with Crippen molar-refractivity contribution in [2.24, 2.45) is 0 Å². The second-order valence-corrected chi connectivity index (χ2v) is 11.8. The molecule has 0 radical (unpaired) electrons. The molecular weight excluding hydrogens is 582 g/mol. The summed E-state index contributed by atoms with van der Waals surface area (Å²) in [5.74, 6) is -2.74. The van der Waals surface area contributed by atoms with E-state index >= 15 is 0 Å². The Balaban J connectivity index is 1.30. The Kier molecular flexibility index (Phi) is 7.66. The van der Waals surface area contributed by atoms with Crippen LogP contribution in [0.15, 0.2) is 115 Å². The molecule has 5 nitrogen and oxygen atoms in total. The monoisotopic (exact) mass is 612 g/mol. The molecule has 6 aromatic rings. The standard InChI is InChI=1S/C39H30F2N2O3/c40-32-17-29(18-33(41)21-32)30-19-35(38(44)42-22-25-8-12-28(13-9-25)39(45)46)37-31(23-43(34-14-15-34)36(37)20-30)16-24-6-10-27(11-7-24)26-4-2-1-3-5-26/h1-13,17-21,23,34H,14-16,22H2,(H,42,44)(H,45,46). The predicted octanol–water partition coefficient (Wildman–Crippen LogP) is 8.81. The Morgan fingerprint density at radius 3 is 2.02 bits per heavy atom. The van der Waals surface area contributed by atoms with Crippen LogP contribution >= 0.6 is 0 Å². The Hall–Kier alpha value is -5.56. The molecule has 0 bridgehead atoms. The number of aromatic nitrogens is 1. The van der Waals surface area contributed by atoms with Crippen LogP contribution in [-0.2, 0) is 13.0 Å². The number of carbonyl (C=O) groups excluding carboxylic acids is 1. The van der Waals surface area contributed by atoms with Crippen molar-refractivity contribution in [3.8, 4) is 22.3 Å². The lowest BCUT2D eigenvalue weighted by Crippen LogP contribution is -2.23. The number of amides is 1. The highest BCUT2D eigenvalue weighted by molar-refractivity contribution is 6.09. The van der Waals surface area contributed by atoms with Gasteiger partial charge in [-0.25, -0.2) is 13.6 Å². The van der Waals surface area contributed by atoms with Gasteiger partial charge in [0.15, 0.2) is 0 Å². The van der Waals surface area contributed by atoms with Crippen LogP contribution in [0.1, 0.15) is 56.3 Å². The van der Waals surface area contributed by atoms with Crippen molar-refractivity contribution in [2.45, 2.75) is 31.8 Å². The summed E-state index contributed by atoms with van der Waals surface area (Å²) < 4.78 is 30.8. The fraction of sp³-hybridized carbons (Fsp3) is 0.128. The zero-order valence-corrected chi connectivity index (χ0v) is 24.8. The maximum Gasteiger partial charge on any atom is 0.335 e. The van der Waals surface area contributed by atoms with Gasteiger partial charge in [-0.2, -0.15) is 0 Å². The van der Waals surface area contributed by atoms with E-state index in [-0.39, 0.29) is 18.0 Å². The summed E-state index contributed by atoms with van der Waals surface area (Å²) in [6, 6.07) is 32.2. The van der Waals surface area contributed by atoms with Crippen LogP contribution in [0.25, 0.3) is 33.2 Å². The van der Waals surface area contributed by atoms with Crippen molar-refractivity contribution in [2.75, 3.05) is 0 Å². The van der Waals surface area contributed by atoms with E-state index in [1.54, 1.807) is 18.2 Å². The molecule has 0 spiro atoms. The number of nitrogens with zero attached hydrogens (tertiary/aromatic N) is 1. The van der Waals surface area contributed by atoms with E-state index in [0.717, 1.165) is 57.6 Å². The predicted molar refractivity (Wildman–Crippen MR) is 175 cm³/mol. The number of rotatable bonds is 9. The maximum absolute atomic E-state index is 14.3. The Bertz CT molecular complexity index is 2060. The first-order valence-electron chi connectivity index (χ1n) is 15.2. The highest BCUT2D eigenvalue weighted by Crippen LogP contribution is 2.42. The van der Waals surface area contributed by atoms with E-state index in [4.69, 9.17) is 0 Å². The highest BCUT2D eigenvalue weighted by atomic mass is 19.1. The van der Waals surface area contributed by atoms with Crippen molar-refractivity contribution in [1.82, 2.24) is 9.88 Å². The normalized spacial score (nSPS) is 12.7. The minimum Gasteiger partial charge on any atom is -0.478 e. The van der Waals surface area contributed by atoms with Crippen LogP contribution in [-0.4, -0.2) is 21.6 Å². The minimum atomic E-state index is -1.02. The summed E-state index contributed by atoms with van der Waals surface area (Å²) in [4.78, 5) is 25.2. The molecule has 228 valence electrons. The van der Waals surface area contributed by atoms with Gasteiger partial charge < -0.3 is 15.0 Å². The molecule has 2 N–H and O–H groups in total. The fourth-order valence-electron chi connectivity index (χ4n) is 6.03. The van der Waals surface area contributed by atoms with Crippen LogP contribution in [0.4, 0.5) is 8.78 Å². The highest BCUT2D eigenvalue weighted by Gasteiger charge is 2.28. The Labute approximate surface area is 264 Å². The van der Waals surface area contributed by atoms with Gasteiger partial charge in [-0.3, -0.25) is 4.79 Å². The van der Waals surface area contributed by atoms with E-state index in [1.807, 2.05) is 24.3 Å². The summed E-state index contributed by atoms with van der Waals surface area (Å²) in [7, 11) is 0. The molecule has 46 heavy (non-hydrogen) atoms. The van der Waals surface area contributed by atoms with Gasteiger partial charge in [0.2, 0.25) is 0 Å². The summed E-state index contributed by atoms with van der Waals surface area (Å²) in [6.45, 7) is 0.179. The van der Waals surface area contributed by atoms with E-state index in [2.05, 4.69) is 52.5 Å². The number of carboxylic acids is 1. The summed E-state index contributed by atoms with van der Waals surface area (Å²) in [5, 5.41) is 13.0. The van der Waals surface area contributed by atoms with E-state index < -0.39 is 17.6 Å². The second kappa shape index (κ2) is 12.1. The number of carboxylic acid groups (broad SMARTS) is 1. The molecule has 1 fully saturated rings. The molecule has 1 aromatic heterocycles. The lowest BCUT2D eigenvalue weighted by molar-refractivity contribution is 0.0696. The van der Waals surface area contributed by atoms with Crippen LogP contribution < -0.4 is 5.32 Å². The fourth-order valence-corrected chi connectivity index (χ4v) is 6.03. The van der Waals surface area contributed by atoms with Crippen molar-refractivity contribution >= 4 is 22.8 Å². The summed E-state index contributed by atoms with van der Waals surface area (Å²) in [6.07, 6.45) is 4.74. The van der Waals surface area contributed by atoms with Gasteiger partial charge in [0.1, 0.15) is 11.6 Å². The zero-order chi connectivity index (χ0) is 31.8. The molecular formula is C39H30F2N2O3. The molecule has 1 aliphatic rings. The third-order valence-corrected chi connectivity index (χ3v) is 8.50. The smallest absolute Gasteiger partial charge is 0.335 e. The van der Waals surface area contributed by atoms with Crippen molar-refractivity contribution < 1.29 is 23.5 Å². The number of fused-ring (bicyclic) bond motifs is 1. The molecule has 1 heterocycles. The molecule has 1 aliphatic carbocycles.